The molecule has 11 rings (SSSR count). The Morgan fingerprint density at radius 1 is 0.351 bits per heavy atom. The van der Waals surface area contributed by atoms with Crippen molar-refractivity contribution in [2.24, 2.45) is 0 Å². The van der Waals surface area contributed by atoms with E-state index in [2.05, 4.69) is 89.8 Å². The van der Waals surface area contributed by atoms with Crippen molar-refractivity contribution in [3.8, 4) is 56.4 Å². The fourth-order valence-corrected chi connectivity index (χ4v) is 8.22. The van der Waals surface area contributed by atoms with Gasteiger partial charge in [0, 0.05) is 27.5 Å². The second-order valence-corrected chi connectivity index (χ2v) is 14.3. The van der Waals surface area contributed by atoms with Crippen molar-refractivity contribution < 1.29 is 4.42 Å². The lowest BCUT2D eigenvalue weighted by molar-refractivity contribution is 0.669. The average molecular weight is 727 g/mol. The fourth-order valence-electron chi connectivity index (χ4n) is 8.22. The minimum Gasteiger partial charge on any atom is -0.456 e. The van der Waals surface area contributed by atoms with Gasteiger partial charge in [0.15, 0.2) is 23.2 Å². The van der Waals surface area contributed by atoms with Crippen LogP contribution in [-0.4, -0.2) is 15.0 Å². The van der Waals surface area contributed by atoms with Crippen LogP contribution in [0.25, 0.3) is 116 Å². The maximum absolute atomic E-state index is 8.08. The van der Waals surface area contributed by atoms with Crippen molar-refractivity contribution in [2.45, 2.75) is 0 Å². The Balaban J connectivity index is 1.08. The minimum absolute atomic E-state index is 0.565. The summed E-state index contributed by atoms with van der Waals surface area (Å²) >= 11 is 0. The van der Waals surface area contributed by atoms with Crippen molar-refractivity contribution >= 4 is 59.9 Å². The van der Waals surface area contributed by atoms with Gasteiger partial charge in [-0.3, -0.25) is 0 Å². The molecule has 0 aliphatic heterocycles. The zero-order valence-corrected chi connectivity index (χ0v) is 30.5. The monoisotopic (exact) mass is 726 g/mol. The van der Waals surface area contributed by atoms with Gasteiger partial charge in [0.25, 0.3) is 0 Å². The Labute approximate surface area is 328 Å². The number of aromatic nitrogens is 3. The number of hydrogen-bond donors (Lipinski definition) is 0. The molecule has 0 atom stereocenters. The fraction of sp³-hybridized carbons (Fsp3) is 0. The maximum Gasteiger partial charge on any atom is 0.188 e. The molecule has 0 N–H and O–H groups in total. The van der Waals surface area contributed by atoms with Crippen LogP contribution in [0.3, 0.4) is 0 Å². The summed E-state index contributed by atoms with van der Waals surface area (Å²) < 4.78 is 6.46. The van der Waals surface area contributed by atoms with E-state index in [0.717, 1.165) is 60.9 Å². The summed E-state index contributed by atoms with van der Waals surface area (Å²) in [6, 6.07) is 62.3. The van der Waals surface area contributed by atoms with Gasteiger partial charge in [0.2, 0.25) is 0 Å². The first kappa shape index (κ1) is 32.5. The molecule has 0 amide bonds. The minimum atomic E-state index is 0.565. The maximum atomic E-state index is 8.08. The van der Waals surface area contributed by atoms with Crippen LogP contribution in [0.2, 0.25) is 0 Å². The topological polar surface area (TPSA) is 56.2 Å². The van der Waals surface area contributed by atoms with Gasteiger partial charge in [-0.2, -0.15) is 0 Å². The van der Waals surface area contributed by atoms with Crippen molar-refractivity contribution in [3.63, 3.8) is 0 Å². The molecule has 5 nitrogen and oxygen atoms in total. The number of hydrogen-bond acceptors (Lipinski definition) is 4. The molecule has 0 spiro atoms. The van der Waals surface area contributed by atoms with E-state index in [0.29, 0.717) is 23.2 Å². The van der Waals surface area contributed by atoms with Gasteiger partial charge in [-0.25, -0.2) is 19.8 Å². The first-order chi connectivity index (χ1) is 28.2. The predicted molar refractivity (Wildman–Crippen MR) is 233 cm³/mol. The van der Waals surface area contributed by atoms with Crippen LogP contribution in [0.15, 0.2) is 186 Å². The highest BCUT2D eigenvalue weighted by atomic mass is 16.3. The summed E-state index contributed by atoms with van der Waals surface area (Å²) in [5, 5.41) is 9.21. The molecule has 0 radical (unpaired) electrons. The summed E-state index contributed by atoms with van der Waals surface area (Å²) in [5.41, 5.74) is 8.74. The first-order valence-electron chi connectivity index (χ1n) is 18.9. The summed E-state index contributed by atoms with van der Waals surface area (Å²) in [6.45, 7) is 8.08. The van der Waals surface area contributed by atoms with E-state index in [1.165, 1.54) is 32.3 Å². The van der Waals surface area contributed by atoms with Crippen molar-refractivity contribution in [1.29, 1.82) is 0 Å². The molecular formula is C52H30N4O. The number of furan rings is 1. The highest BCUT2D eigenvalue weighted by Gasteiger charge is 2.19. The molecule has 2 aromatic heterocycles. The quantitative estimate of drug-likeness (QED) is 0.131. The second-order valence-electron chi connectivity index (χ2n) is 14.3. The Kier molecular flexibility index (Phi) is 7.48. The number of nitrogens with zero attached hydrogens (tertiary/aromatic N) is 4. The Bertz CT molecular complexity index is 3330. The van der Waals surface area contributed by atoms with Crippen LogP contribution in [0, 0.1) is 6.57 Å². The molecule has 0 bridgehead atoms. The number of fused-ring (bicyclic) bond motifs is 9. The Morgan fingerprint density at radius 2 is 0.860 bits per heavy atom. The van der Waals surface area contributed by atoms with Gasteiger partial charge in [0.1, 0.15) is 11.2 Å². The van der Waals surface area contributed by atoms with E-state index in [1.807, 2.05) is 97.1 Å². The largest absolute Gasteiger partial charge is 0.456 e. The summed E-state index contributed by atoms with van der Waals surface area (Å²) in [7, 11) is 0. The lowest BCUT2D eigenvalue weighted by Gasteiger charge is -2.13. The normalized spacial score (nSPS) is 11.5. The van der Waals surface area contributed by atoms with E-state index >= 15 is 0 Å². The molecule has 264 valence electrons. The first-order valence-corrected chi connectivity index (χ1v) is 18.9. The standard InChI is InChI=1S/C52H30N4O/c1-53-38-28-36(34-23-25-43-41-19-9-8-17-39(41)40-18-10-11-20-42(40)45(43)30-34)27-37(29-38)35-24-26-47-46(31-35)49-44(21-12-22-48(49)57-47)52-55-50(32-13-4-2-5-14-32)54-51(56-52)33-15-6-3-7-16-33/h2-31H. The third-order valence-corrected chi connectivity index (χ3v) is 10.9. The van der Waals surface area contributed by atoms with Gasteiger partial charge < -0.3 is 4.42 Å². The van der Waals surface area contributed by atoms with Crippen molar-refractivity contribution in [3.05, 3.63) is 193 Å². The van der Waals surface area contributed by atoms with E-state index in [4.69, 9.17) is 25.9 Å². The third kappa shape index (κ3) is 5.51. The molecule has 9 aromatic carbocycles. The molecule has 11 aromatic rings. The molecule has 2 heterocycles. The van der Waals surface area contributed by atoms with Crippen molar-refractivity contribution in [2.75, 3.05) is 0 Å². The molecule has 57 heavy (non-hydrogen) atoms. The van der Waals surface area contributed by atoms with Crippen LogP contribution in [0.5, 0.6) is 0 Å². The van der Waals surface area contributed by atoms with Crippen LogP contribution < -0.4 is 0 Å². The van der Waals surface area contributed by atoms with E-state index < -0.39 is 0 Å². The Hall–Kier alpha value is -7.94. The molecule has 0 unspecified atom stereocenters. The smallest absolute Gasteiger partial charge is 0.188 e. The summed E-state index contributed by atoms with van der Waals surface area (Å²) in [6.07, 6.45) is 0. The molecule has 0 saturated heterocycles. The van der Waals surface area contributed by atoms with Gasteiger partial charge >= 0.3 is 0 Å². The highest BCUT2D eigenvalue weighted by molar-refractivity contribution is 6.25. The third-order valence-electron chi connectivity index (χ3n) is 10.9. The van der Waals surface area contributed by atoms with Crippen molar-refractivity contribution in [1.82, 2.24) is 15.0 Å². The van der Waals surface area contributed by atoms with E-state index in [9.17, 15) is 0 Å². The van der Waals surface area contributed by atoms with E-state index in [1.54, 1.807) is 0 Å². The molecular weight excluding hydrogens is 697 g/mol. The molecule has 0 fully saturated rings. The SMILES string of the molecule is [C-]#[N+]c1cc(-c2ccc3c4ccccc4c4ccccc4c3c2)cc(-c2ccc3oc4cccc(-c5nc(-c6ccccc6)nc(-c6ccccc6)n5)c4c3c2)c1. The number of benzene rings is 9. The average Bonchev–Trinajstić information content (AvgIpc) is 3.67. The second kappa shape index (κ2) is 13.1. The van der Waals surface area contributed by atoms with Gasteiger partial charge in [-0.15, -0.1) is 0 Å². The lowest BCUT2D eigenvalue weighted by Crippen LogP contribution is -2.00. The zero-order valence-electron chi connectivity index (χ0n) is 30.5. The van der Waals surface area contributed by atoms with Crippen LogP contribution in [0.4, 0.5) is 5.69 Å². The van der Waals surface area contributed by atoms with Crippen LogP contribution >= 0.6 is 0 Å². The number of rotatable bonds is 5. The highest BCUT2D eigenvalue weighted by Crippen LogP contribution is 2.41. The van der Waals surface area contributed by atoms with E-state index in [-0.39, 0.29) is 0 Å². The summed E-state index contributed by atoms with van der Waals surface area (Å²) in [5.74, 6) is 1.77. The molecule has 0 saturated carbocycles. The molecule has 5 heteroatoms. The molecule has 0 aliphatic rings. The predicted octanol–water partition coefficient (Wildman–Crippen LogP) is 14.1. The van der Waals surface area contributed by atoms with Gasteiger partial charge in [-0.05, 0) is 97.0 Å². The Morgan fingerprint density at radius 3 is 1.46 bits per heavy atom. The van der Waals surface area contributed by atoms with Crippen LogP contribution in [-0.2, 0) is 0 Å². The molecule has 0 aliphatic carbocycles. The lowest BCUT2D eigenvalue weighted by atomic mass is 9.91. The van der Waals surface area contributed by atoms with Gasteiger partial charge in [0.05, 0.1) is 6.57 Å². The van der Waals surface area contributed by atoms with Gasteiger partial charge in [-0.1, -0.05) is 140 Å². The summed E-state index contributed by atoms with van der Waals surface area (Å²) in [4.78, 5) is 18.9. The van der Waals surface area contributed by atoms with Crippen LogP contribution in [0.1, 0.15) is 0 Å². The zero-order chi connectivity index (χ0) is 37.9.